The van der Waals surface area contributed by atoms with Gasteiger partial charge in [0.05, 0.1) is 12.2 Å². The number of aliphatic hydroxyl groups is 2. The van der Waals surface area contributed by atoms with Gasteiger partial charge in [-0.2, -0.15) is 0 Å². The van der Waals surface area contributed by atoms with Crippen molar-refractivity contribution in [3.8, 4) is 0 Å². The first kappa shape index (κ1) is 18.9. The van der Waals surface area contributed by atoms with E-state index in [4.69, 9.17) is 4.74 Å². The van der Waals surface area contributed by atoms with Crippen LogP contribution in [0.3, 0.4) is 0 Å². The predicted molar refractivity (Wildman–Crippen MR) is 95.3 cm³/mol. The summed E-state index contributed by atoms with van der Waals surface area (Å²) < 4.78 is 5.40. The van der Waals surface area contributed by atoms with Crippen molar-refractivity contribution < 1.29 is 19.7 Å². The maximum Gasteiger partial charge on any atom is 0.410 e. The highest BCUT2D eigenvalue weighted by atomic mass is 16.6. The third kappa shape index (κ3) is 4.86. The van der Waals surface area contributed by atoms with E-state index < -0.39 is 5.60 Å². The number of carbonyl (C=O) groups excluding carboxylic acids is 1. The van der Waals surface area contributed by atoms with E-state index in [1.54, 1.807) is 0 Å². The summed E-state index contributed by atoms with van der Waals surface area (Å²) >= 11 is 0. The molecule has 3 N–H and O–H groups in total. The third-order valence-corrected chi connectivity index (χ3v) is 5.76. The Morgan fingerprint density at radius 1 is 0.920 bits per heavy atom. The van der Waals surface area contributed by atoms with Gasteiger partial charge in [0, 0.05) is 24.2 Å². The molecule has 0 saturated carbocycles. The fraction of sp³-hybridized carbons (Fsp3) is 0.947. The molecule has 4 heterocycles. The fourth-order valence-corrected chi connectivity index (χ4v) is 4.79. The lowest BCUT2D eigenvalue weighted by molar-refractivity contribution is -0.0110. The Labute approximate surface area is 150 Å². The second kappa shape index (κ2) is 7.41. The molecule has 0 aromatic rings. The topological polar surface area (TPSA) is 82.0 Å². The molecule has 4 saturated heterocycles. The maximum absolute atomic E-state index is 12.0. The molecule has 4 atom stereocenters. The molecule has 4 rings (SSSR count). The van der Waals surface area contributed by atoms with Gasteiger partial charge in [-0.05, 0) is 72.1 Å². The molecule has 0 aromatic carbocycles. The van der Waals surface area contributed by atoms with Gasteiger partial charge >= 0.3 is 6.09 Å². The van der Waals surface area contributed by atoms with Gasteiger partial charge in [0.2, 0.25) is 0 Å². The number of nitrogens with one attached hydrogen (secondary N) is 1. The molecule has 6 nitrogen and oxygen atoms in total. The molecule has 6 heteroatoms. The van der Waals surface area contributed by atoms with E-state index in [1.165, 1.54) is 12.8 Å². The van der Waals surface area contributed by atoms with E-state index in [2.05, 4.69) is 5.32 Å². The summed E-state index contributed by atoms with van der Waals surface area (Å²) in [6, 6.07) is 1.64. The first-order chi connectivity index (χ1) is 11.7. The van der Waals surface area contributed by atoms with E-state index in [9.17, 15) is 15.0 Å². The highest BCUT2D eigenvalue weighted by molar-refractivity contribution is 5.69. The quantitative estimate of drug-likeness (QED) is 0.621. The van der Waals surface area contributed by atoms with Gasteiger partial charge < -0.3 is 25.2 Å². The lowest BCUT2D eigenvalue weighted by Crippen LogP contribution is -2.49. The number of hydrogen-bond donors (Lipinski definition) is 3. The zero-order valence-electron chi connectivity index (χ0n) is 15.8. The molecule has 0 aliphatic carbocycles. The minimum Gasteiger partial charge on any atom is -0.444 e. The van der Waals surface area contributed by atoms with Crippen LogP contribution in [0.4, 0.5) is 4.79 Å². The van der Waals surface area contributed by atoms with Gasteiger partial charge in [0.25, 0.3) is 0 Å². The Hall–Kier alpha value is -0.850. The van der Waals surface area contributed by atoms with Crippen molar-refractivity contribution in [1.82, 2.24) is 10.2 Å². The largest absolute Gasteiger partial charge is 0.444 e. The summed E-state index contributed by atoms with van der Waals surface area (Å²) in [6.07, 6.45) is 7.47. The summed E-state index contributed by atoms with van der Waals surface area (Å²) in [5.41, 5.74) is -0.438. The molecule has 4 aliphatic heterocycles. The van der Waals surface area contributed by atoms with Crippen molar-refractivity contribution in [2.75, 3.05) is 0 Å². The number of hydrogen-bond acceptors (Lipinski definition) is 5. The van der Waals surface area contributed by atoms with Gasteiger partial charge in [-0.1, -0.05) is 0 Å². The number of carbonyl (C=O) groups is 1. The maximum atomic E-state index is 12.0. The standard InChI is InChI=1S/C12H21NO3.C7H13NO/c1-12(2,3)16-11(15)13-8-4-5-9(13)7-10(14)6-8;9-7-3-5-1-2-6(4-7)8-5/h8-10,14H,4-7H2,1-3H3;5-9H,1-4H2. The Bertz CT molecular complexity index is 453. The Morgan fingerprint density at radius 2 is 1.40 bits per heavy atom. The average Bonchev–Trinajstić information content (AvgIpc) is 2.95. The van der Waals surface area contributed by atoms with Crippen LogP contribution in [0.15, 0.2) is 0 Å². The number of rotatable bonds is 0. The smallest absolute Gasteiger partial charge is 0.410 e. The fourth-order valence-electron chi connectivity index (χ4n) is 4.79. The highest BCUT2D eigenvalue weighted by Gasteiger charge is 2.44. The number of piperidine rings is 2. The van der Waals surface area contributed by atoms with Gasteiger partial charge in [0.1, 0.15) is 5.60 Å². The molecular formula is C19H34N2O4. The number of nitrogens with zero attached hydrogens (tertiary/aromatic N) is 1. The van der Waals surface area contributed by atoms with E-state index in [0.717, 1.165) is 25.7 Å². The van der Waals surface area contributed by atoms with E-state index in [-0.39, 0.29) is 30.4 Å². The van der Waals surface area contributed by atoms with Crippen LogP contribution in [0, 0.1) is 0 Å². The molecule has 1 amide bonds. The summed E-state index contributed by atoms with van der Waals surface area (Å²) in [7, 11) is 0. The molecule has 144 valence electrons. The van der Waals surface area contributed by atoms with Crippen LogP contribution in [0.1, 0.15) is 72.1 Å². The minimum atomic E-state index is -0.438. The van der Waals surface area contributed by atoms with Crippen LogP contribution in [-0.4, -0.2) is 63.2 Å². The zero-order chi connectivity index (χ0) is 18.2. The highest BCUT2D eigenvalue weighted by Crippen LogP contribution is 2.36. The summed E-state index contributed by atoms with van der Waals surface area (Å²) in [5, 5.41) is 22.4. The van der Waals surface area contributed by atoms with Gasteiger partial charge in [-0.25, -0.2) is 4.79 Å². The Morgan fingerprint density at radius 3 is 1.88 bits per heavy atom. The van der Waals surface area contributed by atoms with Crippen molar-refractivity contribution in [3.63, 3.8) is 0 Å². The first-order valence-electron chi connectivity index (χ1n) is 9.85. The van der Waals surface area contributed by atoms with Crippen molar-refractivity contribution in [3.05, 3.63) is 0 Å². The van der Waals surface area contributed by atoms with Gasteiger partial charge in [0.15, 0.2) is 0 Å². The normalized spacial score (nSPS) is 39.6. The zero-order valence-corrected chi connectivity index (χ0v) is 15.8. The van der Waals surface area contributed by atoms with Crippen molar-refractivity contribution in [2.45, 2.75) is 114 Å². The third-order valence-electron chi connectivity index (χ3n) is 5.76. The van der Waals surface area contributed by atoms with Crippen LogP contribution < -0.4 is 5.32 Å². The molecule has 0 aromatic heterocycles. The average molecular weight is 354 g/mol. The van der Waals surface area contributed by atoms with Crippen molar-refractivity contribution in [2.24, 2.45) is 0 Å². The lowest BCUT2D eigenvalue weighted by atomic mass is 10.0. The van der Waals surface area contributed by atoms with Crippen LogP contribution in [0.25, 0.3) is 0 Å². The van der Waals surface area contributed by atoms with Crippen molar-refractivity contribution >= 4 is 6.09 Å². The number of amides is 1. The minimum absolute atomic E-state index is 0.0104. The van der Waals surface area contributed by atoms with Crippen LogP contribution in [0.2, 0.25) is 0 Å². The van der Waals surface area contributed by atoms with Gasteiger partial charge in [-0.3, -0.25) is 0 Å². The van der Waals surface area contributed by atoms with E-state index in [1.807, 2.05) is 25.7 Å². The summed E-state index contributed by atoms with van der Waals surface area (Å²) in [6.45, 7) is 5.64. The number of ether oxygens (including phenoxy) is 1. The molecule has 25 heavy (non-hydrogen) atoms. The number of fused-ring (bicyclic) bond motifs is 4. The molecule has 4 fully saturated rings. The second-order valence-electron chi connectivity index (χ2n) is 9.16. The molecule has 0 radical (unpaired) electrons. The van der Waals surface area contributed by atoms with E-state index >= 15 is 0 Å². The SMILES string of the molecule is CC(C)(C)OC(=O)N1C2CCC1CC(O)C2.OC1CC2CCC(C1)N2. The van der Waals surface area contributed by atoms with E-state index in [0.29, 0.717) is 24.9 Å². The Balaban J connectivity index is 0.000000170. The van der Waals surface area contributed by atoms with Crippen LogP contribution >= 0.6 is 0 Å². The predicted octanol–water partition coefficient (Wildman–Crippen LogP) is 2.17. The molecule has 4 aliphatic rings. The monoisotopic (exact) mass is 354 g/mol. The molecule has 4 bridgehead atoms. The Kier molecular flexibility index (Phi) is 5.61. The second-order valence-corrected chi connectivity index (χ2v) is 9.16. The van der Waals surface area contributed by atoms with Crippen LogP contribution in [0.5, 0.6) is 0 Å². The molecular weight excluding hydrogens is 320 g/mol. The van der Waals surface area contributed by atoms with Crippen molar-refractivity contribution in [1.29, 1.82) is 0 Å². The van der Waals surface area contributed by atoms with Gasteiger partial charge in [-0.15, -0.1) is 0 Å². The summed E-state index contributed by atoms with van der Waals surface area (Å²) in [5.74, 6) is 0. The lowest BCUT2D eigenvalue weighted by Gasteiger charge is -2.37. The molecule has 0 spiro atoms. The molecule has 4 unspecified atom stereocenters. The van der Waals surface area contributed by atoms with Crippen LogP contribution in [-0.2, 0) is 4.74 Å². The number of aliphatic hydroxyl groups excluding tert-OH is 2. The first-order valence-corrected chi connectivity index (χ1v) is 9.85. The summed E-state index contributed by atoms with van der Waals surface area (Å²) in [4.78, 5) is 13.8.